The number of para-hydroxylation sites is 6. The molecule has 0 saturated heterocycles. The number of nitrogens with zero attached hydrogens (tertiary/aromatic N) is 4. The molecule has 5 nitrogen and oxygen atoms in total. The molecule has 0 spiro atoms. The second-order valence-electron chi connectivity index (χ2n) is 16.1. The predicted octanol–water partition coefficient (Wildman–Crippen LogP) is 13.9. The van der Waals surface area contributed by atoms with E-state index >= 15 is 4.79 Å². The van der Waals surface area contributed by atoms with Gasteiger partial charge in [0, 0.05) is 55.1 Å². The van der Waals surface area contributed by atoms with E-state index in [0.717, 1.165) is 88.5 Å². The number of aromatic nitrogens is 4. The highest BCUT2D eigenvalue weighted by Crippen LogP contribution is 2.42. The molecule has 0 saturated carbocycles. The summed E-state index contributed by atoms with van der Waals surface area (Å²) in [5.41, 5.74) is 13.4. The molecular formula is C57H36N4O. The van der Waals surface area contributed by atoms with E-state index < -0.39 is 0 Å². The molecule has 13 aromatic rings. The minimum atomic E-state index is -0.0527. The second-order valence-corrected chi connectivity index (χ2v) is 16.1. The summed E-state index contributed by atoms with van der Waals surface area (Å²) in [5.74, 6) is 0. The van der Waals surface area contributed by atoms with E-state index in [4.69, 9.17) is 0 Å². The Balaban J connectivity index is 1.16. The summed E-state index contributed by atoms with van der Waals surface area (Å²) in [4.78, 5) is 15.7. The zero-order valence-electron chi connectivity index (χ0n) is 33.5. The lowest BCUT2D eigenvalue weighted by atomic mass is 10.00. The maximum atomic E-state index is 15.7. The third kappa shape index (κ3) is 4.93. The van der Waals surface area contributed by atoms with Crippen LogP contribution in [0.25, 0.3) is 110 Å². The minimum absolute atomic E-state index is 0.0527. The average Bonchev–Trinajstić information content (AvgIpc) is 3.98. The van der Waals surface area contributed by atoms with Crippen LogP contribution < -0.4 is 5.56 Å². The monoisotopic (exact) mass is 792 g/mol. The van der Waals surface area contributed by atoms with Crippen molar-refractivity contribution in [2.24, 2.45) is 0 Å². The zero-order chi connectivity index (χ0) is 40.9. The van der Waals surface area contributed by atoms with Crippen molar-refractivity contribution >= 4 is 76.3 Å². The van der Waals surface area contributed by atoms with Gasteiger partial charge in [-0.3, -0.25) is 9.36 Å². The van der Waals surface area contributed by atoms with Crippen LogP contribution in [0.2, 0.25) is 0 Å². The van der Waals surface area contributed by atoms with E-state index in [-0.39, 0.29) is 5.56 Å². The van der Waals surface area contributed by atoms with Crippen molar-refractivity contribution in [1.29, 1.82) is 0 Å². The highest BCUT2D eigenvalue weighted by molar-refractivity contribution is 6.22. The van der Waals surface area contributed by atoms with Crippen molar-refractivity contribution in [2.75, 3.05) is 0 Å². The molecule has 290 valence electrons. The van der Waals surface area contributed by atoms with Gasteiger partial charge in [-0.05, 0) is 108 Å². The van der Waals surface area contributed by atoms with Crippen LogP contribution in [-0.2, 0) is 0 Å². The molecule has 0 radical (unpaired) electrons. The molecule has 9 aromatic carbocycles. The Morgan fingerprint density at radius 2 is 0.629 bits per heavy atom. The second kappa shape index (κ2) is 13.3. The van der Waals surface area contributed by atoms with Crippen LogP contribution in [-0.4, -0.2) is 18.3 Å². The molecule has 0 unspecified atom stereocenters. The minimum Gasteiger partial charge on any atom is -0.309 e. The van der Waals surface area contributed by atoms with Crippen molar-refractivity contribution in [3.63, 3.8) is 0 Å². The highest BCUT2D eigenvalue weighted by atomic mass is 16.1. The van der Waals surface area contributed by atoms with Crippen LogP contribution in [0.4, 0.5) is 0 Å². The molecule has 0 aliphatic carbocycles. The Morgan fingerprint density at radius 3 is 1.18 bits per heavy atom. The molecule has 0 aliphatic rings. The Hall–Kier alpha value is -8.41. The van der Waals surface area contributed by atoms with E-state index in [1.165, 1.54) is 16.3 Å². The van der Waals surface area contributed by atoms with E-state index in [9.17, 15) is 0 Å². The van der Waals surface area contributed by atoms with Crippen LogP contribution in [0.1, 0.15) is 0 Å². The van der Waals surface area contributed by atoms with Gasteiger partial charge in [0.2, 0.25) is 0 Å². The predicted molar refractivity (Wildman–Crippen MR) is 258 cm³/mol. The number of fused-ring (bicyclic) bond motifs is 11. The standard InChI is InChI=1S/C57H36N4O/c62-57-55-47-34-38(37-29-31-51-45(33-37)43-25-13-15-27-49(43)58(51)39-17-5-1-6-18-39)30-32-52(47)60(41-21-9-3-10-22-41)56(55)48-36-53-46(35-54(48)61(57)42-23-11-4-12-24-42)44-26-14-16-28-50(44)59(53)40-19-7-2-8-20-40/h1-36H. The Kier molecular flexibility index (Phi) is 7.39. The third-order valence-electron chi connectivity index (χ3n) is 12.7. The summed E-state index contributed by atoms with van der Waals surface area (Å²) in [6, 6.07) is 76.8. The largest absolute Gasteiger partial charge is 0.309 e. The summed E-state index contributed by atoms with van der Waals surface area (Å²) >= 11 is 0. The molecule has 5 heteroatoms. The number of rotatable bonds is 5. The molecule has 0 aliphatic heterocycles. The molecule has 0 fully saturated rings. The lowest BCUT2D eigenvalue weighted by molar-refractivity contribution is 1.06. The van der Waals surface area contributed by atoms with Gasteiger partial charge in [0.05, 0.1) is 44.0 Å². The van der Waals surface area contributed by atoms with Crippen LogP contribution in [0.3, 0.4) is 0 Å². The quantitative estimate of drug-likeness (QED) is 0.171. The van der Waals surface area contributed by atoms with Gasteiger partial charge in [-0.1, -0.05) is 121 Å². The molecule has 13 rings (SSSR count). The van der Waals surface area contributed by atoms with Crippen molar-refractivity contribution in [2.45, 2.75) is 0 Å². The first-order valence-electron chi connectivity index (χ1n) is 21.1. The van der Waals surface area contributed by atoms with E-state index in [2.05, 4.69) is 196 Å². The third-order valence-corrected chi connectivity index (χ3v) is 12.7. The van der Waals surface area contributed by atoms with Gasteiger partial charge >= 0.3 is 0 Å². The number of hydrogen-bond acceptors (Lipinski definition) is 1. The Morgan fingerprint density at radius 1 is 0.258 bits per heavy atom. The summed E-state index contributed by atoms with van der Waals surface area (Å²) in [5, 5.41) is 7.20. The van der Waals surface area contributed by atoms with E-state index in [0.29, 0.717) is 5.39 Å². The maximum absolute atomic E-state index is 15.7. The van der Waals surface area contributed by atoms with Crippen molar-refractivity contribution in [3.8, 4) is 33.9 Å². The molecule has 4 aromatic heterocycles. The van der Waals surface area contributed by atoms with Crippen LogP contribution in [0, 0.1) is 0 Å². The molecule has 4 heterocycles. The van der Waals surface area contributed by atoms with Gasteiger partial charge in [-0.2, -0.15) is 0 Å². The molecule has 0 amide bonds. The van der Waals surface area contributed by atoms with Crippen LogP contribution >= 0.6 is 0 Å². The van der Waals surface area contributed by atoms with Gasteiger partial charge in [0.15, 0.2) is 0 Å². The lowest BCUT2D eigenvalue weighted by Crippen LogP contribution is -2.19. The molecule has 0 bridgehead atoms. The van der Waals surface area contributed by atoms with Crippen LogP contribution in [0.15, 0.2) is 223 Å². The topological polar surface area (TPSA) is 36.8 Å². The average molecular weight is 793 g/mol. The Bertz CT molecular complexity index is 3970. The summed E-state index contributed by atoms with van der Waals surface area (Å²) in [6.45, 7) is 0. The SMILES string of the molecule is O=c1c2c3cc(-c4ccc5c(c4)c4ccccc4n5-c4ccccc4)ccc3n(-c3ccccc3)c2c2cc3c(cc2n1-c1ccccc1)c1ccccc1n3-c1ccccc1. The zero-order valence-corrected chi connectivity index (χ0v) is 33.5. The van der Waals surface area contributed by atoms with Crippen LogP contribution in [0.5, 0.6) is 0 Å². The first kappa shape index (κ1) is 34.5. The first-order valence-corrected chi connectivity index (χ1v) is 21.1. The number of hydrogen-bond donors (Lipinski definition) is 0. The van der Waals surface area contributed by atoms with Gasteiger partial charge in [-0.15, -0.1) is 0 Å². The molecule has 0 atom stereocenters. The fourth-order valence-corrected chi connectivity index (χ4v) is 10.1. The van der Waals surface area contributed by atoms with Crippen molar-refractivity contribution in [3.05, 3.63) is 229 Å². The maximum Gasteiger partial charge on any atom is 0.265 e. The fraction of sp³-hybridized carbons (Fsp3) is 0. The van der Waals surface area contributed by atoms with Crippen molar-refractivity contribution < 1.29 is 0 Å². The summed E-state index contributed by atoms with van der Waals surface area (Å²) in [7, 11) is 0. The highest BCUT2D eigenvalue weighted by Gasteiger charge is 2.24. The fourth-order valence-electron chi connectivity index (χ4n) is 10.1. The molecule has 62 heavy (non-hydrogen) atoms. The number of pyridine rings is 1. The smallest absolute Gasteiger partial charge is 0.265 e. The van der Waals surface area contributed by atoms with Gasteiger partial charge in [0.1, 0.15) is 0 Å². The van der Waals surface area contributed by atoms with E-state index in [1.54, 1.807) is 0 Å². The summed E-state index contributed by atoms with van der Waals surface area (Å²) in [6.07, 6.45) is 0. The Labute approximate surface area is 355 Å². The molecular weight excluding hydrogens is 757 g/mol. The van der Waals surface area contributed by atoms with Gasteiger partial charge < -0.3 is 13.7 Å². The van der Waals surface area contributed by atoms with E-state index in [1.807, 2.05) is 41.0 Å². The van der Waals surface area contributed by atoms with Gasteiger partial charge in [0.25, 0.3) is 5.56 Å². The van der Waals surface area contributed by atoms with Crippen molar-refractivity contribution in [1.82, 2.24) is 18.3 Å². The summed E-state index contributed by atoms with van der Waals surface area (Å²) < 4.78 is 8.92. The molecule has 0 N–H and O–H groups in total. The van der Waals surface area contributed by atoms with Gasteiger partial charge in [-0.25, -0.2) is 0 Å². The number of benzene rings is 9. The first-order chi connectivity index (χ1) is 30.7. The lowest BCUT2D eigenvalue weighted by Gasteiger charge is -2.15. The normalized spacial score (nSPS) is 11.9.